The third-order valence-corrected chi connectivity index (χ3v) is 5.19. The van der Waals surface area contributed by atoms with Crippen LogP contribution in [0, 0.1) is 0 Å². The van der Waals surface area contributed by atoms with Crippen LogP contribution in [0.15, 0.2) is 18.5 Å². The Hall–Kier alpha value is -1.59. The molecule has 3 heterocycles. The standard InChI is InChI=1S/C16H25N4O7P/c1-4-24-28(22,23)25-8-10-7-13(27-16(2,3)21)14(26-10)11-5-6-12-15(17)18-9-19-20(11)12/h5-6,9-10,13-14,21H,4,7-8H2,1-3H3,(H,22,23)(H2,17,18,19)/t10-,13+,14-/m0/s1. The average Bonchev–Trinajstić information content (AvgIpc) is 3.16. The van der Waals surface area contributed by atoms with Crippen LogP contribution in [0.2, 0.25) is 0 Å². The zero-order valence-electron chi connectivity index (χ0n) is 15.9. The van der Waals surface area contributed by atoms with E-state index >= 15 is 0 Å². The van der Waals surface area contributed by atoms with Gasteiger partial charge in [-0.2, -0.15) is 5.10 Å². The zero-order valence-corrected chi connectivity index (χ0v) is 16.8. The SMILES string of the molecule is CCOP(=O)(O)OC[C@@H]1C[C@@H](OC(C)(C)O)[C@H](c2ccc3c(N)ncnn23)O1. The van der Waals surface area contributed by atoms with Gasteiger partial charge >= 0.3 is 7.82 Å². The molecule has 4 atom stereocenters. The first-order valence-corrected chi connectivity index (χ1v) is 10.3. The number of ether oxygens (including phenoxy) is 2. The molecule has 0 radical (unpaired) electrons. The number of hydrogen-bond donors (Lipinski definition) is 3. The lowest BCUT2D eigenvalue weighted by atomic mass is 10.1. The van der Waals surface area contributed by atoms with Gasteiger partial charge in [0.05, 0.1) is 31.1 Å². The molecule has 4 N–H and O–H groups in total. The number of nitrogens with two attached hydrogens (primary N) is 1. The first-order valence-electron chi connectivity index (χ1n) is 8.85. The highest BCUT2D eigenvalue weighted by atomic mass is 31.2. The Bertz CT molecular complexity index is 868. The number of aliphatic hydroxyl groups is 1. The van der Waals surface area contributed by atoms with Gasteiger partial charge in [-0.3, -0.25) is 9.05 Å². The highest BCUT2D eigenvalue weighted by molar-refractivity contribution is 7.47. The van der Waals surface area contributed by atoms with Gasteiger partial charge in [0.1, 0.15) is 17.9 Å². The molecule has 3 rings (SSSR count). The fourth-order valence-corrected chi connectivity index (χ4v) is 3.90. The summed E-state index contributed by atoms with van der Waals surface area (Å²) in [5.74, 6) is -1.09. The first-order chi connectivity index (χ1) is 13.1. The van der Waals surface area contributed by atoms with E-state index in [1.165, 1.54) is 20.2 Å². The molecule has 0 amide bonds. The molecule has 0 saturated carbocycles. The maximum atomic E-state index is 11.8. The Kier molecular flexibility index (Phi) is 6.06. The molecule has 2 aromatic rings. The number of phosphoric ester groups is 1. The third-order valence-electron chi connectivity index (χ3n) is 4.13. The zero-order chi connectivity index (χ0) is 20.5. The highest BCUT2D eigenvalue weighted by Crippen LogP contribution is 2.45. The van der Waals surface area contributed by atoms with Crippen molar-refractivity contribution in [1.29, 1.82) is 0 Å². The van der Waals surface area contributed by atoms with Crippen LogP contribution in [-0.2, 0) is 23.1 Å². The van der Waals surface area contributed by atoms with Crippen LogP contribution in [-0.4, -0.2) is 55.8 Å². The fraction of sp³-hybridized carbons (Fsp3) is 0.625. The van der Waals surface area contributed by atoms with Crippen molar-refractivity contribution in [3.63, 3.8) is 0 Å². The third kappa shape index (κ3) is 4.87. The summed E-state index contributed by atoms with van der Waals surface area (Å²) in [5, 5.41) is 14.3. The summed E-state index contributed by atoms with van der Waals surface area (Å²) in [5.41, 5.74) is 7.14. The molecular formula is C16H25N4O7P. The Labute approximate surface area is 162 Å². The van der Waals surface area contributed by atoms with E-state index in [1.54, 1.807) is 23.6 Å². The first kappa shape index (κ1) is 21.1. The molecule has 12 heteroatoms. The van der Waals surface area contributed by atoms with Gasteiger partial charge in [-0.1, -0.05) is 0 Å². The Morgan fingerprint density at radius 2 is 2.18 bits per heavy atom. The second-order valence-corrected chi connectivity index (χ2v) is 8.35. The van der Waals surface area contributed by atoms with E-state index in [0.717, 1.165) is 0 Å². The van der Waals surface area contributed by atoms with Gasteiger partial charge < -0.3 is 25.2 Å². The monoisotopic (exact) mass is 416 g/mol. The van der Waals surface area contributed by atoms with Crippen molar-refractivity contribution in [3.05, 3.63) is 24.2 Å². The van der Waals surface area contributed by atoms with E-state index in [1.807, 2.05) is 0 Å². The predicted octanol–water partition coefficient (Wildman–Crippen LogP) is 1.41. The number of aromatic nitrogens is 3. The second kappa shape index (κ2) is 8.03. The van der Waals surface area contributed by atoms with E-state index in [9.17, 15) is 14.6 Å². The summed E-state index contributed by atoms with van der Waals surface area (Å²) in [7, 11) is -4.14. The van der Waals surface area contributed by atoms with Crippen LogP contribution in [0.3, 0.4) is 0 Å². The van der Waals surface area contributed by atoms with Gasteiger partial charge in [-0.05, 0) is 32.9 Å². The van der Waals surface area contributed by atoms with E-state index < -0.39 is 31.9 Å². The van der Waals surface area contributed by atoms with Gasteiger partial charge in [-0.15, -0.1) is 0 Å². The molecule has 2 aromatic heterocycles. The minimum atomic E-state index is -4.14. The van der Waals surface area contributed by atoms with Crippen molar-refractivity contribution in [2.75, 3.05) is 18.9 Å². The predicted molar refractivity (Wildman–Crippen MR) is 98.2 cm³/mol. The van der Waals surface area contributed by atoms with Crippen LogP contribution in [0.1, 0.15) is 39.0 Å². The van der Waals surface area contributed by atoms with Crippen LogP contribution >= 0.6 is 7.82 Å². The molecule has 0 aliphatic carbocycles. The smallest absolute Gasteiger partial charge is 0.382 e. The van der Waals surface area contributed by atoms with Crippen molar-refractivity contribution >= 4 is 19.2 Å². The summed E-state index contributed by atoms with van der Waals surface area (Å²) in [4.78, 5) is 13.6. The number of rotatable bonds is 8. The van der Waals surface area contributed by atoms with E-state index in [2.05, 4.69) is 10.1 Å². The van der Waals surface area contributed by atoms with Crippen LogP contribution < -0.4 is 5.73 Å². The van der Waals surface area contributed by atoms with Crippen LogP contribution in [0.25, 0.3) is 5.52 Å². The summed E-state index contributed by atoms with van der Waals surface area (Å²) < 4.78 is 34.8. The summed E-state index contributed by atoms with van der Waals surface area (Å²) >= 11 is 0. The Morgan fingerprint density at radius 1 is 1.43 bits per heavy atom. The molecule has 1 saturated heterocycles. The lowest BCUT2D eigenvalue weighted by Gasteiger charge is -2.26. The molecule has 1 aliphatic heterocycles. The molecule has 28 heavy (non-hydrogen) atoms. The molecule has 11 nitrogen and oxygen atoms in total. The van der Waals surface area contributed by atoms with Gasteiger partial charge in [-0.25, -0.2) is 14.1 Å². The van der Waals surface area contributed by atoms with Crippen LogP contribution in [0.4, 0.5) is 5.82 Å². The van der Waals surface area contributed by atoms with E-state index in [-0.39, 0.29) is 13.2 Å². The lowest BCUT2D eigenvalue weighted by Crippen LogP contribution is -2.32. The molecule has 1 fully saturated rings. The van der Waals surface area contributed by atoms with Gasteiger partial charge in [0.15, 0.2) is 11.6 Å². The maximum absolute atomic E-state index is 11.8. The van der Waals surface area contributed by atoms with Crippen molar-refractivity contribution in [3.8, 4) is 0 Å². The molecule has 0 bridgehead atoms. The normalized spacial score (nSPS) is 25.2. The minimum absolute atomic E-state index is 0.0453. The molecule has 1 aliphatic rings. The maximum Gasteiger partial charge on any atom is 0.472 e. The number of nitrogen functional groups attached to an aromatic ring is 1. The molecule has 156 valence electrons. The minimum Gasteiger partial charge on any atom is -0.382 e. The van der Waals surface area contributed by atoms with Crippen molar-refractivity contribution in [1.82, 2.24) is 14.6 Å². The second-order valence-electron chi connectivity index (χ2n) is 6.90. The molecule has 0 aromatic carbocycles. The molecule has 0 spiro atoms. The Morgan fingerprint density at radius 3 is 2.86 bits per heavy atom. The number of phosphoric acid groups is 1. The largest absolute Gasteiger partial charge is 0.472 e. The van der Waals surface area contributed by atoms with Crippen LogP contribution in [0.5, 0.6) is 0 Å². The van der Waals surface area contributed by atoms with Crippen molar-refractivity contribution in [2.45, 2.75) is 51.3 Å². The number of hydrogen-bond acceptors (Lipinski definition) is 9. The quantitative estimate of drug-likeness (QED) is 0.425. The van der Waals surface area contributed by atoms with Crippen molar-refractivity contribution < 1.29 is 33.1 Å². The topological polar surface area (TPSA) is 151 Å². The Balaban J connectivity index is 1.82. The molecule has 1 unspecified atom stereocenters. The fourth-order valence-electron chi connectivity index (χ4n) is 3.15. The molecular weight excluding hydrogens is 391 g/mol. The lowest BCUT2D eigenvalue weighted by molar-refractivity contribution is -0.215. The van der Waals surface area contributed by atoms with Crippen molar-refractivity contribution in [2.24, 2.45) is 0 Å². The summed E-state index contributed by atoms with van der Waals surface area (Å²) in [6, 6.07) is 3.54. The number of fused-ring (bicyclic) bond motifs is 1. The van der Waals surface area contributed by atoms with Gasteiger partial charge in [0.25, 0.3) is 0 Å². The average molecular weight is 416 g/mol. The highest BCUT2D eigenvalue weighted by Gasteiger charge is 2.42. The summed E-state index contributed by atoms with van der Waals surface area (Å²) in [6.07, 6.45) is -0.0515. The van der Waals surface area contributed by atoms with Gasteiger partial charge in [0, 0.05) is 6.42 Å². The van der Waals surface area contributed by atoms with E-state index in [4.69, 9.17) is 24.3 Å². The van der Waals surface area contributed by atoms with Gasteiger partial charge in [0.2, 0.25) is 0 Å². The number of anilines is 1. The number of nitrogens with zero attached hydrogens (tertiary/aromatic N) is 3. The summed E-state index contributed by atoms with van der Waals surface area (Å²) in [6.45, 7) is 4.50. The van der Waals surface area contributed by atoms with E-state index in [0.29, 0.717) is 23.4 Å².